The number of piperidine rings is 1. The zero-order valence-electron chi connectivity index (χ0n) is 16.3. The highest BCUT2D eigenvalue weighted by atomic mass is 16.3. The molecule has 0 bridgehead atoms. The molecule has 6 nitrogen and oxygen atoms in total. The van der Waals surface area contributed by atoms with Crippen LogP contribution < -0.4 is 0 Å². The van der Waals surface area contributed by atoms with E-state index in [2.05, 4.69) is 0 Å². The molecule has 2 heterocycles. The molecule has 1 unspecified atom stereocenters. The van der Waals surface area contributed by atoms with E-state index in [1.54, 1.807) is 35.2 Å². The summed E-state index contributed by atoms with van der Waals surface area (Å²) in [6, 6.07) is 13.3. The number of benzene rings is 2. The summed E-state index contributed by atoms with van der Waals surface area (Å²) in [6.07, 6.45) is 3.20. The van der Waals surface area contributed by atoms with Crippen molar-refractivity contribution in [2.24, 2.45) is 0 Å². The Kier molecular flexibility index (Phi) is 5.43. The zero-order chi connectivity index (χ0) is 20.4. The topological polar surface area (TPSA) is 81.1 Å². The number of likely N-dealkylation sites (tertiary alicyclic amines) is 2. The molecule has 1 atom stereocenters. The molecule has 2 saturated heterocycles. The number of para-hydroxylation sites is 1. The predicted octanol–water partition coefficient (Wildman–Crippen LogP) is 3.11. The van der Waals surface area contributed by atoms with Crippen molar-refractivity contribution in [3.05, 3.63) is 59.7 Å². The fourth-order valence-electron chi connectivity index (χ4n) is 4.47. The molecule has 0 aromatic heterocycles. The second-order valence-electron chi connectivity index (χ2n) is 7.86. The van der Waals surface area contributed by atoms with Gasteiger partial charge in [0, 0.05) is 19.6 Å². The van der Waals surface area contributed by atoms with E-state index in [0.717, 1.165) is 19.3 Å². The van der Waals surface area contributed by atoms with Gasteiger partial charge < -0.3 is 20.0 Å². The molecule has 152 valence electrons. The standard InChI is InChI=1S/C23H26N2O4/c26-18-9-7-16(8-10-18)17-11-14-24(15-12-17)23(29)20-5-3-13-25(20)22(28)19-4-1-2-6-21(19)27/h1-2,4,6-10,17,20,26-27H,3,5,11-15H2. The van der Waals surface area contributed by atoms with Crippen LogP contribution in [0.25, 0.3) is 0 Å². The molecule has 0 aliphatic carbocycles. The molecule has 2 N–H and O–H groups in total. The van der Waals surface area contributed by atoms with E-state index < -0.39 is 6.04 Å². The number of hydrogen-bond donors (Lipinski definition) is 2. The van der Waals surface area contributed by atoms with Gasteiger partial charge in [0.15, 0.2) is 0 Å². The number of phenolic OH excluding ortho intramolecular Hbond substituents is 2. The SMILES string of the molecule is O=C(C1CCCN1C(=O)c1ccccc1O)N1CCC(c2ccc(O)cc2)CC1. The van der Waals surface area contributed by atoms with E-state index in [0.29, 0.717) is 32.0 Å². The fourth-order valence-corrected chi connectivity index (χ4v) is 4.47. The van der Waals surface area contributed by atoms with E-state index in [4.69, 9.17) is 0 Å². The van der Waals surface area contributed by atoms with Gasteiger partial charge in [0.1, 0.15) is 17.5 Å². The van der Waals surface area contributed by atoms with Gasteiger partial charge in [-0.15, -0.1) is 0 Å². The minimum atomic E-state index is -0.452. The van der Waals surface area contributed by atoms with Gasteiger partial charge in [-0.1, -0.05) is 24.3 Å². The summed E-state index contributed by atoms with van der Waals surface area (Å²) in [5.41, 5.74) is 1.44. The van der Waals surface area contributed by atoms with Crippen molar-refractivity contribution < 1.29 is 19.8 Å². The number of aromatic hydroxyl groups is 2. The average molecular weight is 394 g/mol. The summed E-state index contributed by atoms with van der Waals surface area (Å²) < 4.78 is 0. The summed E-state index contributed by atoms with van der Waals surface area (Å²) in [5, 5.41) is 19.5. The normalized spacial score (nSPS) is 20.1. The van der Waals surface area contributed by atoms with Gasteiger partial charge in [-0.3, -0.25) is 9.59 Å². The third-order valence-electron chi connectivity index (χ3n) is 6.10. The predicted molar refractivity (Wildman–Crippen MR) is 109 cm³/mol. The second-order valence-corrected chi connectivity index (χ2v) is 7.86. The van der Waals surface area contributed by atoms with Crippen LogP contribution in [0.5, 0.6) is 11.5 Å². The summed E-state index contributed by atoms with van der Waals surface area (Å²) >= 11 is 0. The number of nitrogens with zero attached hydrogens (tertiary/aromatic N) is 2. The van der Waals surface area contributed by atoms with E-state index >= 15 is 0 Å². The molecule has 2 aromatic rings. The molecule has 0 saturated carbocycles. The van der Waals surface area contributed by atoms with Gasteiger partial charge in [0.2, 0.25) is 5.91 Å². The van der Waals surface area contributed by atoms with Gasteiger partial charge in [-0.05, 0) is 61.4 Å². The summed E-state index contributed by atoms with van der Waals surface area (Å²) in [4.78, 5) is 29.5. The molecule has 29 heavy (non-hydrogen) atoms. The van der Waals surface area contributed by atoms with Crippen molar-refractivity contribution in [3.8, 4) is 11.5 Å². The van der Waals surface area contributed by atoms with Gasteiger partial charge >= 0.3 is 0 Å². The van der Waals surface area contributed by atoms with Gasteiger partial charge in [-0.25, -0.2) is 0 Å². The Hall–Kier alpha value is -3.02. The first-order valence-electron chi connectivity index (χ1n) is 10.2. The lowest BCUT2D eigenvalue weighted by molar-refractivity contribution is -0.136. The molecular formula is C23H26N2O4. The van der Waals surface area contributed by atoms with E-state index in [1.807, 2.05) is 17.0 Å². The Bertz CT molecular complexity index is 888. The minimum Gasteiger partial charge on any atom is -0.508 e. The lowest BCUT2D eigenvalue weighted by Gasteiger charge is -2.35. The first-order valence-corrected chi connectivity index (χ1v) is 10.2. The van der Waals surface area contributed by atoms with Crippen molar-refractivity contribution in [1.82, 2.24) is 9.80 Å². The van der Waals surface area contributed by atoms with Crippen LogP contribution in [-0.4, -0.2) is 57.5 Å². The molecular weight excluding hydrogens is 368 g/mol. The highest BCUT2D eigenvalue weighted by molar-refractivity contribution is 5.99. The maximum atomic E-state index is 13.2. The highest BCUT2D eigenvalue weighted by Crippen LogP contribution is 2.31. The molecule has 2 aliphatic heterocycles. The number of amides is 2. The highest BCUT2D eigenvalue weighted by Gasteiger charge is 2.38. The quantitative estimate of drug-likeness (QED) is 0.838. The van der Waals surface area contributed by atoms with E-state index in [1.165, 1.54) is 11.6 Å². The first-order chi connectivity index (χ1) is 14.0. The lowest BCUT2D eigenvalue weighted by atomic mass is 9.89. The number of carbonyl (C=O) groups excluding carboxylic acids is 2. The monoisotopic (exact) mass is 394 g/mol. The number of carbonyl (C=O) groups is 2. The third kappa shape index (κ3) is 3.92. The summed E-state index contributed by atoms with van der Waals surface area (Å²) in [5.74, 6) is 0.317. The Morgan fingerprint density at radius 1 is 0.862 bits per heavy atom. The molecule has 4 rings (SSSR count). The Morgan fingerprint density at radius 2 is 1.55 bits per heavy atom. The van der Waals surface area contributed by atoms with Crippen LogP contribution in [0.15, 0.2) is 48.5 Å². The van der Waals surface area contributed by atoms with Crippen LogP contribution in [0.2, 0.25) is 0 Å². The molecule has 2 amide bonds. The van der Waals surface area contributed by atoms with Crippen molar-refractivity contribution >= 4 is 11.8 Å². The summed E-state index contributed by atoms with van der Waals surface area (Å²) in [6.45, 7) is 1.87. The van der Waals surface area contributed by atoms with Gasteiger partial charge in [0.25, 0.3) is 5.91 Å². The fraction of sp³-hybridized carbons (Fsp3) is 0.391. The van der Waals surface area contributed by atoms with Crippen molar-refractivity contribution in [2.75, 3.05) is 19.6 Å². The van der Waals surface area contributed by atoms with Gasteiger partial charge in [-0.2, -0.15) is 0 Å². The minimum absolute atomic E-state index is 0.00965. The second kappa shape index (κ2) is 8.15. The third-order valence-corrected chi connectivity index (χ3v) is 6.10. The Balaban J connectivity index is 1.41. The maximum Gasteiger partial charge on any atom is 0.258 e. The Morgan fingerprint density at radius 3 is 2.24 bits per heavy atom. The number of phenols is 2. The smallest absolute Gasteiger partial charge is 0.258 e. The van der Waals surface area contributed by atoms with Crippen molar-refractivity contribution in [3.63, 3.8) is 0 Å². The first kappa shape index (κ1) is 19.3. The molecule has 2 aromatic carbocycles. The van der Waals surface area contributed by atoms with E-state index in [9.17, 15) is 19.8 Å². The molecule has 0 radical (unpaired) electrons. The largest absolute Gasteiger partial charge is 0.508 e. The van der Waals surface area contributed by atoms with Crippen LogP contribution in [-0.2, 0) is 4.79 Å². The Labute approximate surface area is 170 Å². The van der Waals surface area contributed by atoms with Crippen LogP contribution in [0.4, 0.5) is 0 Å². The average Bonchev–Trinajstić information content (AvgIpc) is 3.24. The van der Waals surface area contributed by atoms with Crippen LogP contribution >= 0.6 is 0 Å². The van der Waals surface area contributed by atoms with Crippen LogP contribution in [0.1, 0.15) is 47.5 Å². The molecule has 0 spiro atoms. The molecule has 2 fully saturated rings. The van der Waals surface area contributed by atoms with Gasteiger partial charge in [0.05, 0.1) is 5.56 Å². The van der Waals surface area contributed by atoms with Crippen molar-refractivity contribution in [2.45, 2.75) is 37.6 Å². The zero-order valence-corrected chi connectivity index (χ0v) is 16.3. The number of rotatable bonds is 3. The molecule has 2 aliphatic rings. The van der Waals surface area contributed by atoms with Crippen molar-refractivity contribution in [1.29, 1.82) is 0 Å². The van der Waals surface area contributed by atoms with Crippen LogP contribution in [0, 0.1) is 0 Å². The summed E-state index contributed by atoms with van der Waals surface area (Å²) in [7, 11) is 0. The number of hydrogen-bond acceptors (Lipinski definition) is 4. The molecule has 6 heteroatoms. The lowest BCUT2D eigenvalue weighted by Crippen LogP contribution is -2.49. The van der Waals surface area contributed by atoms with E-state index in [-0.39, 0.29) is 28.9 Å². The van der Waals surface area contributed by atoms with Crippen LogP contribution in [0.3, 0.4) is 0 Å². The maximum absolute atomic E-state index is 13.2.